The van der Waals surface area contributed by atoms with E-state index in [4.69, 9.17) is 11.6 Å². The van der Waals surface area contributed by atoms with E-state index in [0.29, 0.717) is 0 Å². The molecule has 1 unspecified atom stereocenters. The highest BCUT2D eigenvalue weighted by Gasteiger charge is 2.26. The summed E-state index contributed by atoms with van der Waals surface area (Å²) in [5.74, 6) is 0.260. The molecule has 0 aliphatic carbocycles. The lowest BCUT2D eigenvalue weighted by molar-refractivity contribution is -0.384. The summed E-state index contributed by atoms with van der Waals surface area (Å²) in [4.78, 5) is 19.7. The summed E-state index contributed by atoms with van der Waals surface area (Å²) >= 11 is 5.73. The Morgan fingerprint density at radius 3 is 2.76 bits per heavy atom. The monoisotopic (exact) mass is 258 g/mol. The van der Waals surface area contributed by atoms with E-state index in [1.165, 1.54) is 6.33 Å². The molecule has 0 aliphatic heterocycles. The molecule has 0 bridgehead atoms. The van der Waals surface area contributed by atoms with Gasteiger partial charge in [0, 0.05) is 13.1 Å². The standard InChI is InChI=1S/C10H15ClN4O2/c1-4-5-7(2)14(3)10-8(15(16)17)9(11)12-6-13-10/h6-7H,4-5H2,1-3H3. The van der Waals surface area contributed by atoms with Crippen molar-refractivity contribution in [3.8, 4) is 0 Å². The summed E-state index contributed by atoms with van der Waals surface area (Å²) in [6.45, 7) is 4.05. The Hall–Kier alpha value is -1.43. The minimum atomic E-state index is -0.549. The molecule has 0 saturated heterocycles. The van der Waals surface area contributed by atoms with Gasteiger partial charge in [0.2, 0.25) is 11.0 Å². The molecule has 0 saturated carbocycles. The molecule has 0 amide bonds. The van der Waals surface area contributed by atoms with Crippen molar-refractivity contribution in [1.82, 2.24) is 9.97 Å². The van der Waals surface area contributed by atoms with Gasteiger partial charge in [-0.25, -0.2) is 9.97 Å². The normalized spacial score (nSPS) is 12.2. The van der Waals surface area contributed by atoms with Crippen LogP contribution in [0, 0.1) is 10.1 Å². The summed E-state index contributed by atoms with van der Waals surface area (Å²) < 4.78 is 0. The molecular weight excluding hydrogens is 244 g/mol. The number of rotatable bonds is 5. The SMILES string of the molecule is CCCC(C)N(C)c1ncnc(Cl)c1[N+](=O)[O-]. The van der Waals surface area contributed by atoms with Gasteiger partial charge in [0.25, 0.3) is 0 Å². The zero-order chi connectivity index (χ0) is 13.0. The van der Waals surface area contributed by atoms with Crippen LogP contribution in [0.4, 0.5) is 11.5 Å². The lowest BCUT2D eigenvalue weighted by atomic mass is 10.2. The highest BCUT2D eigenvalue weighted by atomic mass is 35.5. The number of aromatic nitrogens is 2. The first-order valence-corrected chi connectivity index (χ1v) is 5.74. The second-order valence-corrected chi connectivity index (χ2v) is 4.20. The van der Waals surface area contributed by atoms with Crippen LogP contribution in [0.1, 0.15) is 26.7 Å². The number of hydrogen-bond acceptors (Lipinski definition) is 5. The minimum Gasteiger partial charge on any atom is -0.351 e. The summed E-state index contributed by atoms with van der Waals surface area (Å²) in [7, 11) is 1.77. The topological polar surface area (TPSA) is 72.2 Å². The molecule has 1 heterocycles. The van der Waals surface area contributed by atoms with Gasteiger partial charge >= 0.3 is 5.69 Å². The molecule has 0 aromatic carbocycles. The number of nitro groups is 1. The largest absolute Gasteiger partial charge is 0.351 e. The van der Waals surface area contributed by atoms with Crippen molar-refractivity contribution in [3.05, 3.63) is 21.6 Å². The summed E-state index contributed by atoms with van der Waals surface area (Å²) in [6.07, 6.45) is 3.16. The van der Waals surface area contributed by atoms with E-state index >= 15 is 0 Å². The van der Waals surface area contributed by atoms with Gasteiger partial charge < -0.3 is 4.90 Å². The van der Waals surface area contributed by atoms with Gasteiger partial charge in [-0.15, -0.1) is 0 Å². The average molecular weight is 259 g/mol. The van der Waals surface area contributed by atoms with Gasteiger partial charge in [-0.1, -0.05) is 24.9 Å². The van der Waals surface area contributed by atoms with Crippen molar-refractivity contribution in [2.75, 3.05) is 11.9 Å². The second-order valence-electron chi connectivity index (χ2n) is 3.84. The van der Waals surface area contributed by atoms with Crippen LogP contribution in [0.5, 0.6) is 0 Å². The molecule has 0 radical (unpaired) electrons. The molecule has 0 aliphatic rings. The third-order valence-corrected chi connectivity index (χ3v) is 2.92. The third-order valence-electron chi connectivity index (χ3n) is 2.64. The Bertz CT molecular complexity index is 413. The fourth-order valence-corrected chi connectivity index (χ4v) is 1.78. The molecule has 0 spiro atoms. The van der Waals surface area contributed by atoms with Gasteiger partial charge in [0.05, 0.1) is 4.92 Å². The molecule has 1 rings (SSSR count). The Morgan fingerprint density at radius 2 is 2.24 bits per heavy atom. The maximum atomic E-state index is 10.9. The van der Waals surface area contributed by atoms with Crippen LogP contribution >= 0.6 is 11.6 Å². The predicted octanol–water partition coefficient (Wildman–Crippen LogP) is 2.66. The highest BCUT2D eigenvalue weighted by Crippen LogP contribution is 2.31. The Labute approximate surface area is 105 Å². The lowest BCUT2D eigenvalue weighted by Gasteiger charge is -2.25. The van der Waals surface area contributed by atoms with E-state index in [9.17, 15) is 10.1 Å². The predicted molar refractivity (Wildman–Crippen MR) is 66.5 cm³/mol. The lowest BCUT2D eigenvalue weighted by Crippen LogP contribution is -2.30. The quantitative estimate of drug-likeness (QED) is 0.461. The van der Waals surface area contributed by atoms with E-state index in [0.717, 1.165) is 12.8 Å². The average Bonchev–Trinajstić information content (AvgIpc) is 2.27. The van der Waals surface area contributed by atoms with Crippen molar-refractivity contribution in [2.24, 2.45) is 0 Å². The zero-order valence-electron chi connectivity index (χ0n) is 10.1. The number of anilines is 1. The molecular formula is C10H15ClN4O2. The molecule has 0 fully saturated rings. The van der Waals surface area contributed by atoms with Crippen LogP contribution in [0.3, 0.4) is 0 Å². The van der Waals surface area contributed by atoms with Gasteiger partial charge in [-0.2, -0.15) is 0 Å². The number of hydrogen-bond donors (Lipinski definition) is 0. The van der Waals surface area contributed by atoms with Crippen molar-refractivity contribution in [2.45, 2.75) is 32.7 Å². The molecule has 17 heavy (non-hydrogen) atoms. The zero-order valence-corrected chi connectivity index (χ0v) is 10.8. The van der Waals surface area contributed by atoms with Crippen LogP contribution < -0.4 is 4.90 Å². The maximum absolute atomic E-state index is 10.9. The second kappa shape index (κ2) is 5.77. The van der Waals surface area contributed by atoms with E-state index in [1.54, 1.807) is 11.9 Å². The molecule has 7 heteroatoms. The molecule has 1 atom stereocenters. The van der Waals surface area contributed by atoms with E-state index in [1.807, 2.05) is 6.92 Å². The number of halogens is 1. The van der Waals surface area contributed by atoms with Crippen LogP contribution in [-0.4, -0.2) is 28.0 Å². The van der Waals surface area contributed by atoms with Gasteiger partial charge in [0.1, 0.15) is 6.33 Å². The molecule has 6 nitrogen and oxygen atoms in total. The molecule has 1 aromatic heterocycles. The summed E-state index contributed by atoms with van der Waals surface area (Å²) in [5.41, 5.74) is -0.236. The van der Waals surface area contributed by atoms with Crippen LogP contribution in [0.2, 0.25) is 5.15 Å². The Balaban J connectivity index is 3.13. The Morgan fingerprint density at radius 1 is 1.59 bits per heavy atom. The Kier molecular flexibility index (Phi) is 4.62. The van der Waals surface area contributed by atoms with Gasteiger partial charge in [-0.3, -0.25) is 10.1 Å². The van der Waals surface area contributed by atoms with Crippen molar-refractivity contribution in [1.29, 1.82) is 0 Å². The smallest absolute Gasteiger partial charge is 0.348 e. The first-order valence-electron chi connectivity index (χ1n) is 5.36. The fraction of sp³-hybridized carbons (Fsp3) is 0.600. The van der Waals surface area contributed by atoms with Crippen LogP contribution in [0.25, 0.3) is 0 Å². The highest BCUT2D eigenvalue weighted by molar-refractivity contribution is 6.31. The van der Waals surface area contributed by atoms with E-state index in [2.05, 4.69) is 16.9 Å². The first-order chi connectivity index (χ1) is 7.99. The summed E-state index contributed by atoms with van der Waals surface area (Å²) in [6, 6.07) is 0.157. The summed E-state index contributed by atoms with van der Waals surface area (Å²) in [5, 5.41) is 10.8. The van der Waals surface area contributed by atoms with Gasteiger partial charge in [0.15, 0.2) is 0 Å². The molecule has 0 N–H and O–H groups in total. The van der Waals surface area contributed by atoms with Crippen LogP contribution in [0.15, 0.2) is 6.33 Å². The molecule has 1 aromatic rings. The number of nitrogens with zero attached hydrogens (tertiary/aromatic N) is 4. The van der Waals surface area contributed by atoms with Crippen molar-refractivity contribution in [3.63, 3.8) is 0 Å². The fourth-order valence-electron chi connectivity index (χ4n) is 1.58. The van der Waals surface area contributed by atoms with Crippen LogP contribution in [-0.2, 0) is 0 Å². The maximum Gasteiger partial charge on any atom is 0.348 e. The van der Waals surface area contributed by atoms with Gasteiger partial charge in [-0.05, 0) is 13.3 Å². The minimum absolute atomic E-state index is 0.129. The molecule has 94 valence electrons. The third kappa shape index (κ3) is 3.03. The van der Waals surface area contributed by atoms with Crippen molar-refractivity contribution >= 4 is 23.1 Å². The first kappa shape index (κ1) is 13.6. The van der Waals surface area contributed by atoms with E-state index < -0.39 is 4.92 Å². The van der Waals surface area contributed by atoms with E-state index in [-0.39, 0.29) is 22.7 Å². The van der Waals surface area contributed by atoms with Crippen molar-refractivity contribution < 1.29 is 4.92 Å².